The predicted molar refractivity (Wildman–Crippen MR) is 136 cm³/mol. The van der Waals surface area contributed by atoms with E-state index in [1.165, 1.54) is 4.57 Å². The molecule has 1 amide bonds. The number of phenolic OH excluding ortho intramolecular Hbond substituents is 1. The van der Waals surface area contributed by atoms with E-state index in [2.05, 4.69) is 15.5 Å². The molecule has 34 heavy (non-hydrogen) atoms. The third kappa shape index (κ3) is 5.30. The van der Waals surface area contributed by atoms with Crippen molar-refractivity contribution in [1.29, 1.82) is 0 Å². The number of nitrogens with one attached hydrogen (secondary N) is 1. The highest BCUT2D eigenvalue weighted by molar-refractivity contribution is 7.99. The smallest absolute Gasteiger partial charge is 0.266 e. The fraction of sp³-hybridized carbons (Fsp3) is 0.120. The first-order chi connectivity index (χ1) is 16.5. The van der Waals surface area contributed by atoms with E-state index in [1.54, 1.807) is 66.7 Å². The molecule has 0 radical (unpaired) electrons. The zero-order valence-corrected chi connectivity index (χ0v) is 19.8. The van der Waals surface area contributed by atoms with E-state index in [0.717, 1.165) is 17.3 Å². The van der Waals surface area contributed by atoms with Crippen LogP contribution in [0.2, 0.25) is 5.02 Å². The number of para-hydroxylation sites is 1. The molecular weight excluding hydrogens is 472 g/mol. The molecular formula is C25H21ClN4O3S. The zero-order valence-electron chi connectivity index (χ0n) is 18.2. The summed E-state index contributed by atoms with van der Waals surface area (Å²) in [5, 5.41) is 15.1. The van der Waals surface area contributed by atoms with Gasteiger partial charge in [0.1, 0.15) is 5.75 Å². The molecule has 2 N–H and O–H groups in total. The van der Waals surface area contributed by atoms with Crippen LogP contribution in [0.25, 0.3) is 16.6 Å². The second kappa shape index (κ2) is 10.5. The Morgan fingerprint density at radius 1 is 1.09 bits per heavy atom. The molecule has 0 unspecified atom stereocenters. The van der Waals surface area contributed by atoms with Crippen molar-refractivity contribution in [2.24, 2.45) is 5.10 Å². The zero-order chi connectivity index (χ0) is 24.1. The number of hydrazone groups is 1. The molecule has 1 heterocycles. The van der Waals surface area contributed by atoms with Gasteiger partial charge in [0.25, 0.3) is 11.5 Å². The van der Waals surface area contributed by atoms with Crippen LogP contribution >= 0.6 is 23.4 Å². The molecule has 7 nitrogen and oxygen atoms in total. The molecule has 9 heteroatoms. The number of phenols is 1. The number of hydrogen-bond acceptors (Lipinski definition) is 6. The van der Waals surface area contributed by atoms with Crippen LogP contribution in [-0.4, -0.2) is 32.0 Å². The summed E-state index contributed by atoms with van der Waals surface area (Å²) in [5.41, 5.74) is 4.99. The lowest BCUT2D eigenvalue weighted by molar-refractivity contribution is -0.118. The van der Waals surface area contributed by atoms with Gasteiger partial charge in [-0.3, -0.25) is 14.2 Å². The number of aromatic hydroxyl groups is 1. The van der Waals surface area contributed by atoms with Crippen molar-refractivity contribution in [2.45, 2.75) is 18.5 Å². The van der Waals surface area contributed by atoms with E-state index in [0.29, 0.717) is 38.9 Å². The van der Waals surface area contributed by atoms with Gasteiger partial charge in [-0.05, 0) is 72.6 Å². The van der Waals surface area contributed by atoms with Crippen LogP contribution in [0.3, 0.4) is 0 Å². The van der Waals surface area contributed by atoms with Gasteiger partial charge in [0.2, 0.25) is 0 Å². The highest BCUT2D eigenvalue weighted by atomic mass is 35.5. The summed E-state index contributed by atoms with van der Waals surface area (Å²) < 4.78 is 1.48. The van der Waals surface area contributed by atoms with E-state index in [1.807, 2.05) is 13.0 Å². The van der Waals surface area contributed by atoms with Crippen LogP contribution in [0, 0.1) is 0 Å². The van der Waals surface area contributed by atoms with E-state index in [-0.39, 0.29) is 23.0 Å². The van der Waals surface area contributed by atoms with Crippen molar-refractivity contribution in [3.63, 3.8) is 0 Å². The van der Waals surface area contributed by atoms with Crippen LogP contribution in [0.15, 0.2) is 87.8 Å². The molecule has 0 atom stereocenters. The first-order valence-electron chi connectivity index (χ1n) is 10.5. The third-order valence-corrected chi connectivity index (χ3v) is 6.20. The number of carbonyl (C=O) groups is 1. The van der Waals surface area contributed by atoms with Crippen molar-refractivity contribution in [2.75, 3.05) is 5.75 Å². The van der Waals surface area contributed by atoms with Crippen molar-refractivity contribution < 1.29 is 9.90 Å². The Morgan fingerprint density at radius 3 is 2.50 bits per heavy atom. The Morgan fingerprint density at radius 2 is 1.79 bits per heavy atom. The summed E-state index contributed by atoms with van der Waals surface area (Å²) in [6.45, 7) is 1.93. The van der Waals surface area contributed by atoms with Crippen molar-refractivity contribution >= 4 is 45.9 Å². The number of fused-ring (bicyclic) bond motifs is 1. The summed E-state index contributed by atoms with van der Waals surface area (Å²) in [6.07, 6.45) is 0.598. The number of rotatable bonds is 7. The summed E-state index contributed by atoms with van der Waals surface area (Å²) in [6, 6.07) is 20.6. The number of amides is 1. The maximum atomic E-state index is 13.3. The molecule has 0 aliphatic heterocycles. The summed E-state index contributed by atoms with van der Waals surface area (Å²) in [4.78, 5) is 30.4. The molecule has 4 aromatic rings. The molecule has 0 saturated heterocycles. The summed E-state index contributed by atoms with van der Waals surface area (Å²) in [5.74, 6) is -0.164. The lowest BCUT2D eigenvalue weighted by atomic mass is 10.1. The number of halogens is 1. The SMILES string of the molecule is CC/C(=N\NC(=O)CSc1nc2ccccc2c(=O)n1-c1ccc(Cl)cc1)c1ccc(O)cc1. The minimum Gasteiger partial charge on any atom is -0.508 e. The quantitative estimate of drug-likeness (QED) is 0.168. The maximum Gasteiger partial charge on any atom is 0.266 e. The van der Waals surface area contributed by atoms with Gasteiger partial charge in [-0.15, -0.1) is 0 Å². The van der Waals surface area contributed by atoms with E-state index >= 15 is 0 Å². The summed E-state index contributed by atoms with van der Waals surface area (Å²) in [7, 11) is 0. The molecule has 3 aromatic carbocycles. The molecule has 4 rings (SSSR count). The second-order valence-corrected chi connectivity index (χ2v) is 8.69. The van der Waals surface area contributed by atoms with Gasteiger partial charge in [0, 0.05) is 5.02 Å². The highest BCUT2D eigenvalue weighted by Gasteiger charge is 2.15. The molecule has 0 saturated carbocycles. The first-order valence-corrected chi connectivity index (χ1v) is 11.9. The Hall–Kier alpha value is -3.62. The molecule has 1 aromatic heterocycles. The van der Waals surface area contributed by atoms with Crippen LogP contribution in [0.1, 0.15) is 18.9 Å². The van der Waals surface area contributed by atoms with Crippen LogP contribution in [0.5, 0.6) is 5.75 Å². The Labute approximate surface area is 205 Å². The number of benzene rings is 3. The molecule has 0 aliphatic rings. The Kier molecular flexibility index (Phi) is 7.30. The summed E-state index contributed by atoms with van der Waals surface area (Å²) >= 11 is 7.16. The fourth-order valence-electron chi connectivity index (χ4n) is 3.32. The second-order valence-electron chi connectivity index (χ2n) is 7.31. The van der Waals surface area contributed by atoms with Gasteiger partial charge in [0.15, 0.2) is 5.16 Å². The van der Waals surface area contributed by atoms with Gasteiger partial charge in [-0.2, -0.15) is 5.10 Å². The van der Waals surface area contributed by atoms with Crippen molar-refractivity contribution in [1.82, 2.24) is 15.0 Å². The van der Waals surface area contributed by atoms with E-state index < -0.39 is 0 Å². The number of hydrogen-bond donors (Lipinski definition) is 2. The monoisotopic (exact) mass is 492 g/mol. The number of nitrogens with zero attached hydrogens (tertiary/aromatic N) is 3. The van der Waals surface area contributed by atoms with Crippen molar-refractivity contribution in [3.05, 3.63) is 93.7 Å². The lowest BCUT2D eigenvalue weighted by Gasteiger charge is -2.13. The molecule has 0 fully saturated rings. The number of thioether (sulfide) groups is 1. The van der Waals surface area contributed by atoms with Gasteiger partial charge >= 0.3 is 0 Å². The van der Waals surface area contributed by atoms with Crippen molar-refractivity contribution in [3.8, 4) is 11.4 Å². The lowest BCUT2D eigenvalue weighted by Crippen LogP contribution is -2.24. The largest absolute Gasteiger partial charge is 0.508 e. The average molecular weight is 493 g/mol. The van der Waals surface area contributed by atoms with E-state index in [4.69, 9.17) is 11.6 Å². The van der Waals surface area contributed by atoms with Gasteiger partial charge in [0.05, 0.1) is 28.1 Å². The highest BCUT2D eigenvalue weighted by Crippen LogP contribution is 2.22. The number of carbonyl (C=O) groups excluding carboxylic acids is 1. The first kappa shape index (κ1) is 23.5. The fourth-order valence-corrected chi connectivity index (χ4v) is 4.25. The molecule has 0 bridgehead atoms. The van der Waals surface area contributed by atoms with Gasteiger partial charge in [-0.1, -0.05) is 42.4 Å². The minimum atomic E-state index is -0.334. The third-order valence-electron chi connectivity index (χ3n) is 5.01. The molecule has 0 aliphatic carbocycles. The molecule has 172 valence electrons. The van der Waals surface area contributed by atoms with Crippen LogP contribution in [0.4, 0.5) is 0 Å². The van der Waals surface area contributed by atoms with E-state index in [9.17, 15) is 14.7 Å². The minimum absolute atomic E-state index is 0.00838. The van der Waals surface area contributed by atoms with Crippen LogP contribution in [-0.2, 0) is 4.79 Å². The topological polar surface area (TPSA) is 96.6 Å². The average Bonchev–Trinajstić information content (AvgIpc) is 2.85. The van der Waals surface area contributed by atoms with Gasteiger partial charge in [-0.25, -0.2) is 10.4 Å². The molecule has 0 spiro atoms. The van der Waals surface area contributed by atoms with Gasteiger partial charge < -0.3 is 5.11 Å². The van der Waals surface area contributed by atoms with Crippen LogP contribution < -0.4 is 11.0 Å². The maximum absolute atomic E-state index is 13.3. The normalized spacial score (nSPS) is 11.5. The number of aromatic nitrogens is 2. The predicted octanol–water partition coefficient (Wildman–Crippen LogP) is 4.77. The standard InChI is InChI=1S/C25H21ClN4O3S/c1-2-21(16-7-13-19(31)14-8-16)28-29-23(32)15-34-25-27-22-6-4-3-5-20(22)24(33)30(25)18-11-9-17(26)10-12-18/h3-14,31H,2,15H2,1H3,(H,29,32)/b28-21+. The Balaban J connectivity index is 1.58. The Bertz CT molecular complexity index is 1420.